The molecule has 4 rings (SSSR count). The maximum absolute atomic E-state index is 13.4. The molecule has 34 heavy (non-hydrogen) atoms. The molecule has 0 aliphatic carbocycles. The Bertz CT molecular complexity index is 1420. The minimum Gasteiger partial charge on any atom is -0.505 e. The fourth-order valence-corrected chi connectivity index (χ4v) is 3.88. The first-order valence-corrected chi connectivity index (χ1v) is 10.3. The van der Waals surface area contributed by atoms with Gasteiger partial charge in [-0.1, -0.05) is 12.1 Å². The van der Waals surface area contributed by atoms with Crippen LogP contribution in [0.4, 0.5) is 4.39 Å². The van der Waals surface area contributed by atoms with Crippen LogP contribution in [-0.4, -0.2) is 45.0 Å². The molecule has 1 atom stereocenters. The summed E-state index contributed by atoms with van der Waals surface area (Å²) in [6.07, 6.45) is 1.68. The van der Waals surface area contributed by atoms with Crippen LogP contribution in [0, 0.1) is 16.6 Å². The van der Waals surface area contributed by atoms with E-state index in [2.05, 4.69) is 10.3 Å². The molecule has 0 fully saturated rings. The van der Waals surface area contributed by atoms with Crippen LogP contribution in [0.2, 0.25) is 0 Å². The summed E-state index contributed by atoms with van der Waals surface area (Å²) < 4.78 is 25.9. The Balaban J connectivity index is 1.98. The van der Waals surface area contributed by atoms with Crippen LogP contribution in [0.5, 0.6) is 11.5 Å². The number of carbonyl (C=O) groups is 1. The molecule has 176 valence electrons. The summed E-state index contributed by atoms with van der Waals surface area (Å²) >= 11 is 0. The third-order valence-corrected chi connectivity index (χ3v) is 5.56. The van der Waals surface area contributed by atoms with Crippen molar-refractivity contribution in [2.75, 3.05) is 7.05 Å². The third kappa shape index (κ3) is 3.74. The Morgan fingerprint density at radius 1 is 1.35 bits per heavy atom. The van der Waals surface area contributed by atoms with Crippen LogP contribution >= 0.6 is 0 Å². The zero-order chi connectivity index (χ0) is 24.8. The molecular formula is C23H22FN5O5. The predicted octanol–water partition coefficient (Wildman–Crippen LogP) is 2.33. The van der Waals surface area contributed by atoms with Gasteiger partial charge in [0.2, 0.25) is 5.90 Å². The van der Waals surface area contributed by atoms with Crippen LogP contribution in [0.15, 0.2) is 35.3 Å². The fourth-order valence-electron chi connectivity index (χ4n) is 3.88. The number of rotatable bonds is 4. The summed E-state index contributed by atoms with van der Waals surface area (Å²) in [5, 5.41) is 29.0. The second-order valence-corrected chi connectivity index (χ2v) is 8.13. The number of halogens is 1. The summed E-state index contributed by atoms with van der Waals surface area (Å²) in [7, 11) is 1.33. The van der Waals surface area contributed by atoms with E-state index < -0.39 is 40.1 Å². The van der Waals surface area contributed by atoms with Gasteiger partial charge >= 0.3 is 0 Å². The van der Waals surface area contributed by atoms with E-state index in [1.807, 2.05) is 0 Å². The van der Waals surface area contributed by atoms with Crippen molar-refractivity contribution in [3.63, 3.8) is 0 Å². The Labute approximate surface area is 193 Å². The minimum atomic E-state index is -1.51. The van der Waals surface area contributed by atoms with Gasteiger partial charge in [0.05, 0.1) is 6.54 Å². The zero-order valence-electron chi connectivity index (χ0n) is 18.7. The molecule has 2 aromatic heterocycles. The van der Waals surface area contributed by atoms with Gasteiger partial charge in [-0.15, -0.1) is 0 Å². The number of amides is 1. The van der Waals surface area contributed by atoms with Gasteiger partial charge in [0.15, 0.2) is 23.0 Å². The third-order valence-electron chi connectivity index (χ3n) is 5.56. The number of carbonyl (C=O) groups excluding carboxylic acids is 1. The molecule has 0 radical (unpaired) electrons. The number of benzene rings is 1. The Hall–Kier alpha value is -4.28. The van der Waals surface area contributed by atoms with Crippen molar-refractivity contribution in [3.8, 4) is 11.5 Å². The molecule has 0 spiro atoms. The highest BCUT2D eigenvalue weighted by molar-refractivity contribution is 6.03. The standard InChI is InChI=1S/C23H22FN5O5/c1-11(25)33-22(26)23(2)10-29-17-16(18(30)15(21(29)32)20(31)27-3)28-9-13(19(17)34-23)8-12-4-6-14(24)7-5-12/h4-7,9,25-26,30H,8,10H2,1-3H3,(H,27,31). The molecule has 0 bridgehead atoms. The highest BCUT2D eigenvalue weighted by atomic mass is 19.1. The molecule has 1 unspecified atom stereocenters. The number of hydrogen-bond donors (Lipinski definition) is 4. The van der Waals surface area contributed by atoms with Crippen molar-refractivity contribution in [3.05, 3.63) is 63.3 Å². The van der Waals surface area contributed by atoms with Gasteiger partial charge < -0.3 is 19.9 Å². The molecule has 0 saturated heterocycles. The first kappa shape index (κ1) is 22.9. The number of hydrogen-bond acceptors (Lipinski definition) is 8. The predicted molar refractivity (Wildman–Crippen MR) is 122 cm³/mol. The Morgan fingerprint density at radius 2 is 2.03 bits per heavy atom. The van der Waals surface area contributed by atoms with E-state index >= 15 is 0 Å². The van der Waals surface area contributed by atoms with Crippen molar-refractivity contribution in [1.29, 1.82) is 10.8 Å². The molecule has 1 aliphatic heterocycles. The molecule has 3 heterocycles. The number of nitrogens with zero attached hydrogens (tertiary/aromatic N) is 2. The lowest BCUT2D eigenvalue weighted by Crippen LogP contribution is -2.51. The smallest absolute Gasteiger partial charge is 0.268 e. The number of nitrogens with one attached hydrogen (secondary N) is 3. The van der Waals surface area contributed by atoms with Crippen molar-refractivity contribution in [1.82, 2.24) is 14.9 Å². The van der Waals surface area contributed by atoms with Gasteiger partial charge in [-0.05, 0) is 24.6 Å². The summed E-state index contributed by atoms with van der Waals surface area (Å²) in [6, 6.07) is 5.82. The number of aromatic nitrogens is 2. The van der Waals surface area contributed by atoms with E-state index in [1.165, 1.54) is 43.8 Å². The topological polar surface area (TPSA) is 150 Å². The SMILES string of the molecule is CNC(=O)c1c(O)c2ncc(Cc3ccc(F)cc3)c3c2n(c1=O)CC(C)(C(=N)OC(C)=N)O3. The van der Waals surface area contributed by atoms with Gasteiger partial charge in [-0.25, -0.2) is 4.39 Å². The average molecular weight is 467 g/mol. The quantitative estimate of drug-likeness (QED) is 0.342. The molecule has 1 amide bonds. The lowest BCUT2D eigenvalue weighted by molar-refractivity contribution is 0.0950. The van der Waals surface area contributed by atoms with E-state index in [1.54, 1.807) is 12.1 Å². The number of pyridine rings is 2. The molecule has 1 aromatic carbocycles. The van der Waals surface area contributed by atoms with Crippen LogP contribution in [0.3, 0.4) is 0 Å². The highest BCUT2D eigenvalue weighted by Crippen LogP contribution is 2.40. The van der Waals surface area contributed by atoms with Gasteiger partial charge in [0.25, 0.3) is 11.5 Å². The van der Waals surface area contributed by atoms with E-state index in [0.717, 1.165) is 5.56 Å². The van der Waals surface area contributed by atoms with E-state index in [0.29, 0.717) is 5.56 Å². The summed E-state index contributed by atoms with van der Waals surface area (Å²) in [5.74, 6) is -2.25. The van der Waals surface area contributed by atoms with E-state index in [4.69, 9.17) is 20.3 Å². The van der Waals surface area contributed by atoms with Crippen molar-refractivity contribution >= 4 is 28.7 Å². The maximum atomic E-state index is 13.4. The zero-order valence-corrected chi connectivity index (χ0v) is 18.7. The van der Waals surface area contributed by atoms with Gasteiger partial charge in [0, 0.05) is 32.2 Å². The molecule has 4 N–H and O–H groups in total. The molecule has 11 heteroatoms. The highest BCUT2D eigenvalue weighted by Gasteiger charge is 2.42. The van der Waals surface area contributed by atoms with Crippen molar-refractivity contribution < 1.29 is 23.8 Å². The second-order valence-electron chi connectivity index (χ2n) is 8.13. The summed E-state index contributed by atoms with van der Waals surface area (Å²) in [5.41, 5.74) is -1.41. The fraction of sp³-hybridized carbons (Fsp3) is 0.261. The number of aromatic hydroxyl groups is 1. The lowest BCUT2D eigenvalue weighted by atomic mass is 9.99. The van der Waals surface area contributed by atoms with E-state index in [9.17, 15) is 19.1 Å². The van der Waals surface area contributed by atoms with Gasteiger partial charge in [-0.3, -0.25) is 30.0 Å². The second kappa shape index (κ2) is 8.25. The summed E-state index contributed by atoms with van der Waals surface area (Å²) in [4.78, 5) is 30.0. The minimum absolute atomic E-state index is 0.0196. The van der Waals surface area contributed by atoms with E-state index in [-0.39, 0.29) is 35.6 Å². The van der Waals surface area contributed by atoms with Crippen LogP contribution in [0.25, 0.3) is 11.0 Å². The molecule has 10 nitrogen and oxygen atoms in total. The monoisotopic (exact) mass is 467 g/mol. The average Bonchev–Trinajstić information content (AvgIpc) is 2.79. The normalized spacial score (nSPS) is 16.6. The van der Waals surface area contributed by atoms with Crippen molar-refractivity contribution in [2.24, 2.45) is 0 Å². The van der Waals surface area contributed by atoms with Crippen LogP contribution in [-0.2, 0) is 17.7 Å². The van der Waals surface area contributed by atoms with Crippen LogP contribution < -0.4 is 15.6 Å². The molecular weight excluding hydrogens is 445 g/mol. The number of ether oxygens (including phenoxy) is 2. The van der Waals surface area contributed by atoms with Crippen molar-refractivity contribution in [2.45, 2.75) is 32.4 Å². The van der Waals surface area contributed by atoms with Crippen LogP contribution in [0.1, 0.15) is 35.3 Å². The molecule has 3 aromatic rings. The lowest BCUT2D eigenvalue weighted by Gasteiger charge is -2.36. The first-order chi connectivity index (χ1) is 16.1. The van der Waals surface area contributed by atoms with Gasteiger partial charge in [-0.2, -0.15) is 0 Å². The Morgan fingerprint density at radius 3 is 2.65 bits per heavy atom. The molecule has 1 aliphatic rings. The Kier molecular flexibility index (Phi) is 5.56. The largest absolute Gasteiger partial charge is 0.505 e. The summed E-state index contributed by atoms with van der Waals surface area (Å²) in [6.45, 7) is 2.65. The maximum Gasteiger partial charge on any atom is 0.268 e. The molecule has 0 saturated carbocycles. The first-order valence-electron chi connectivity index (χ1n) is 10.3. The van der Waals surface area contributed by atoms with Gasteiger partial charge in [0.1, 0.15) is 22.4 Å².